The second-order valence-electron chi connectivity index (χ2n) is 12.0. The van der Waals surface area contributed by atoms with Crippen molar-refractivity contribution in [2.45, 2.75) is 53.5 Å². The zero-order valence-electron chi connectivity index (χ0n) is 26.1. The summed E-state index contributed by atoms with van der Waals surface area (Å²) in [5, 5.41) is 11.4. The van der Waals surface area contributed by atoms with E-state index in [1.165, 1.54) is 30.5 Å². The van der Waals surface area contributed by atoms with Crippen molar-refractivity contribution in [3.63, 3.8) is 0 Å². The first-order valence-corrected chi connectivity index (χ1v) is 17.5. The highest BCUT2D eigenvalue weighted by molar-refractivity contribution is 7.91. The maximum absolute atomic E-state index is 14.1. The number of aromatic nitrogens is 3. The molecule has 2 N–H and O–H groups in total. The van der Waals surface area contributed by atoms with Crippen molar-refractivity contribution in [3.05, 3.63) is 150 Å². The van der Waals surface area contributed by atoms with Crippen LogP contribution in [0, 0.1) is 5.82 Å². The number of nitrogens with one attached hydrogen (secondary N) is 2. The molecule has 10 heteroatoms. The zero-order chi connectivity index (χ0) is 33.1. The molecule has 1 saturated carbocycles. The Kier molecular flexibility index (Phi) is 8.49. The molecule has 0 radical (unpaired) electrons. The molecular weight excluding hydrogens is 626 g/mol. The van der Waals surface area contributed by atoms with Crippen LogP contribution in [0.3, 0.4) is 0 Å². The van der Waals surface area contributed by atoms with E-state index in [-0.39, 0.29) is 21.7 Å². The number of hydrogen-bond donors (Lipinski definition) is 2. The van der Waals surface area contributed by atoms with Crippen molar-refractivity contribution in [3.8, 4) is 0 Å². The Bertz CT molecular complexity index is 2070. The fourth-order valence-electron chi connectivity index (χ4n) is 6.71. The Balaban J connectivity index is 1.48. The van der Waals surface area contributed by atoms with Gasteiger partial charge in [0, 0.05) is 12.2 Å². The number of urea groups is 1. The second-order valence-corrected chi connectivity index (χ2v) is 14.0. The van der Waals surface area contributed by atoms with Gasteiger partial charge >= 0.3 is 6.03 Å². The highest BCUT2D eigenvalue weighted by Crippen LogP contribution is 2.43. The van der Waals surface area contributed by atoms with E-state index in [9.17, 15) is 17.6 Å². The van der Waals surface area contributed by atoms with Gasteiger partial charge in [-0.15, -0.1) is 0 Å². The number of sulfone groups is 1. The van der Waals surface area contributed by atoms with Crippen molar-refractivity contribution in [2.24, 2.45) is 0 Å². The quantitative estimate of drug-likeness (QED) is 0.163. The average molecular weight is 660 g/mol. The maximum atomic E-state index is 14.1. The summed E-state index contributed by atoms with van der Waals surface area (Å²) >= 11 is 0. The lowest BCUT2D eigenvalue weighted by Gasteiger charge is -2.36. The van der Waals surface area contributed by atoms with E-state index in [0.717, 1.165) is 54.9 Å². The van der Waals surface area contributed by atoms with Crippen LogP contribution in [0.1, 0.15) is 48.8 Å². The van der Waals surface area contributed by atoms with E-state index in [0.29, 0.717) is 11.0 Å². The van der Waals surface area contributed by atoms with Gasteiger partial charge < -0.3 is 5.32 Å². The average Bonchev–Trinajstić information content (AvgIpc) is 3.47. The molecule has 2 aromatic heterocycles. The van der Waals surface area contributed by atoms with Gasteiger partial charge in [-0.2, -0.15) is 5.10 Å². The van der Waals surface area contributed by atoms with Gasteiger partial charge in [-0.1, -0.05) is 116 Å². The van der Waals surface area contributed by atoms with E-state index < -0.39 is 27.2 Å². The summed E-state index contributed by atoms with van der Waals surface area (Å²) in [4.78, 5) is 17.9. The number of pyridine rings is 1. The summed E-state index contributed by atoms with van der Waals surface area (Å²) < 4.78 is 43.4. The van der Waals surface area contributed by atoms with Gasteiger partial charge in [0.05, 0.1) is 15.2 Å². The first-order valence-electron chi connectivity index (χ1n) is 16.0. The van der Waals surface area contributed by atoms with Gasteiger partial charge in [-0.3, -0.25) is 5.32 Å². The summed E-state index contributed by atoms with van der Waals surface area (Å²) in [6.07, 6.45) is 6.27. The molecule has 2 amide bonds. The molecule has 0 atom stereocenters. The third kappa shape index (κ3) is 5.73. The highest BCUT2D eigenvalue weighted by atomic mass is 32.2. The molecule has 1 aliphatic carbocycles. The van der Waals surface area contributed by atoms with Gasteiger partial charge in [0.25, 0.3) is 0 Å². The molecule has 242 valence electrons. The van der Waals surface area contributed by atoms with E-state index in [4.69, 9.17) is 10.1 Å². The summed E-state index contributed by atoms with van der Waals surface area (Å²) in [5.74, 6) is -0.521. The van der Waals surface area contributed by atoms with Gasteiger partial charge in [-0.25, -0.2) is 27.3 Å². The molecule has 1 aliphatic rings. The lowest BCUT2D eigenvalue weighted by atomic mass is 9.77. The highest BCUT2D eigenvalue weighted by Gasteiger charge is 2.42. The normalized spacial score (nSPS) is 14.1. The third-order valence-electron chi connectivity index (χ3n) is 8.98. The molecule has 6 aromatic rings. The largest absolute Gasteiger partial charge is 0.335 e. The molecule has 0 saturated heterocycles. The minimum absolute atomic E-state index is 0.0335. The molecule has 0 bridgehead atoms. The van der Waals surface area contributed by atoms with Crippen molar-refractivity contribution in [1.82, 2.24) is 20.1 Å². The molecule has 0 spiro atoms. The van der Waals surface area contributed by atoms with E-state index in [1.807, 2.05) is 91.0 Å². The number of amides is 2. The van der Waals surface area contributed by atoms with Gasteiger partial charge in [0.2, 0.25) is 9.84 Å². The number of benzene rings is 4. The Morgan fingerprint density at radius 1 is 0.750 bits per heavy atom. The van der Waals surface area contributed by atoms with Crippen molar-refractivity contribution >= 4 is 32.7 Å². The van der Waals surface area contributed by atoms with Crippen LogP contribution in [-0.2, 0) is 15.4 Å². The molecule has 8 nitrogen and oxygen atoms in total. The van der Waals surface area contributed by atoms with Crippen LogP contribution in [0.15, 0.2) is 137 Å². The Morgan fingerprint density at radius 3 is 1.90 bits per heavy atom. The minimum atomic E-state index is -4.17. The standard InChI is InChI=1S/C38H34FN5O3S/c39-30-20-13-23-32(24-30)48(46,47)33-25-34-35(42-37(45)41-31-21-11-4-12-22-31)43-44(36(34)40-26-33)38(27-14-5-1-6-15-27,28-16-7-2-8-17-28)29-18-9-3-10-19-29/h1-3,5-10,13-20,23-26,31H,4,11-12,21-22H2,(H2,41,42,43,45). The minimum Gasteiger partial charge on any atom is -0.335 e. The molecule has 0 unspecified atom stereocenters. The van der Waals surface area contributed by atoms with Crippen LogP contribution in [-0.4, -0.2) is 35.3 Å². The maximum Gasteiger partial charge on any atom is 0.320 e. The van der Waals surface area contributed by atoms with Gasteiger partial charge in [-0.05, 0) is 53.8 Å². The number of nitrogens with zero attached hydrogens (tertiary/aromatic N) is 3. The molecule has 0 aliphatic heterocycles. The van der Waals surface area contributed by atoms with Crippen molar-refractivity contribution in [2.75, 3.05) is 5.32 Å². The third-order valence-corrected chi connectivity index (χ3v) is 10.7. The van der Waals surface area contributed by atoms with Crippen LogP contribution in [0.4, 0.5) is 15.0 Å². The summed E-state index contributed by atoms with van der Waals surface area (Å²) in [6.45, 7) is 0. The summed E-state index contributed by atoms with van der Waals surface area (Å²) in [7, 11) is -4.17. The molecule has 1 fully saturated rings. The molecule has 7 rings (SSSR count). The first-order chi connectivity index (χ1) is 23.4. The summed E-state index contributed by atoms with van der Waals surface area (Å²) in [6, 6.07) is 35.5. The number of rotatable bonds is 8. The van der Waals surface area contributed by atoms with Crippen LogP contribution in [0.25, 0.3) is 11.0 Å². The fourth-order valence-corrected chi connectivity index (χ4v) is 7.97. The topological polar surface area (TPSA) is 106 Å². The smallest absolute Gasteiger partial charge is 0.320 e. The van der Waals surface area contributed by atoms with E-state index in [2.05, 4.69) is 10.6 Å². The van der Waals surface area contributed by atoms with Crippen LogP contribution in [0.5, 0.6) is 0 Å². The number of carbonyl (C=O) groups is 1. The van der Waals surface area contributed by atoms with E-state index >= 15 is 0 Å². The first kappa shape index (κ1) is 31.3. The van der Waals surface area contributed by atoms with Gasteiger partial charge in [0.1, 0.15) is 11.4 Å². The monoisotopic (exact) mass is 659 g/mol. The van der Waals surface area contributed by atoms with Crippen molar-refractivity contribution in [1.29, 1.82) is 0 Å². The number of hydrogen-bond acceptors (Lipinski definition) is 5. The number of fused-ring (bicyclic) bond motifs is 1. The molecular formula is C38H34FN5O3S. The fraction of sp³-hybridized carbons (Fsp3) is 0.184. The molecule has 48 heavy (non-hydrogen) atoms. The predicted octanol–water partition coefficient (Wildman–Crippen LogP) is 7.70. The molecule has 2 heterocycles. The summed E-state index contributed by atoms with van der Waals surface area (Å²) in [5.41, 5.74) is 1.89. The Morgan fingerprint density at radius 2 is 1.33 bits per heavy atom. The predicted molar refractivity (Wildman–Crippen MR) is 183 cm³/mol. The number of anilines is 1. The van der Waals surface area contributed by atoms with Crippen LogP contribution < -0.4 is 10.6 Å². The number of halogens is 1. The lowest BCUT2D eigenvalue weighted by molar-refractivity contribution is 0.244. The SMILES string of the molecule is O=C(Nc1nn(C(c2ccccc2)(c2ccccc2)c2ccccc2)c2ncc(S(=O)(=O)c3cccc(F)c3)cc12)NC1CCCCC1. The van der Waals surface area contributed by atoms with Crippen LogP contribution in [0.2, 0.25) is 0 Å². The Hall–Kier alpha value is -5.35. The van der Waals surface area contributed by atoms with Gasteiger partial charge in [0.15, 0.2) is 11.5 Å². The zero-order valence-corrected chi connectivity index (χ0v) is 26.9. The second kappa shape index (κ2) is 13.0. The number of carbonyl (C=O) groups excluding carboxylic acids is 1. The van der Waals surface area contributed by atoms with E-state index in [1.54, 1.807) is 4.68 Å². The molecule has 4 aromatic carbocycles. The lowest BCUT2D eigenvalue weighted by Crippen LogP contribution is -2.40. The van der Waals surface area contributed by atoms with Crippen LogP contribution >= 0.6 is 0 Å². The van der Waals surface area contributed by atoms with Crippen molar-refractivity contribution < 1.29 is 17.6 Å². The Labute approximate surface area is 278 Å².